The smallest absolute Gasteiger partial charge is 0.324 e. The number of hydrogen-bond donors (Lipinski definition) is 1. The summed E-state index contributed by atoms with van der Waals surface area (Å²) in [6.45, 7) is 2.77. The largest absolute Gasteiger partial charge is 0.469 e. The molecule has 2 aromatic heterocycles. The first kappa shape index (κ1) is 14.6. The van der Waals surface area contributed by atoms with E-state index in [9.17, 15) is 9.59 Å². The number of furan rings is 1. The molecule has 0 atom stereocenters. The van der Waals surface area contributed by atoms with Gasteiger partial charge < -0.3 is 14.3 Å². The molecule has 2 aromatic rings. The van der Waals surface area contributed by atoms with Crippen molar-refractivity contribution < 1.29 is 14.0 Å². The van der Waals surface area contributed by atoms with Crippen LogP contribution in [0.2, 0.25) is 0 Å². The van der Waals surface area contributed by atoms with E-state index >= 15 is 0 Å². The maximum Gasteiger partial charge on any atom is 0.324 e. The number of thioether (sulfide) groups is 1. The first-order chi connectivity index (χ1) is 10.6. The number of aromatic nitrogens is 3. The van der Waals surface area contributed by atoms with Gasteiger partial charge in [-0.2, -0.15) is 0 Å². The topological polar surface area (TPSA) is 93.3 Å². The molecular formula is C13H15N5O3S. The fourth-order valence-corrected chi connectivity index (χ4v) is 2.99. The third-order valence-electron chi connectivity index (χ3n) is 3.42. The van der Waals surface area contributed by atoms with Crippen molar-refractivity contribution in [3.63, 3.8) is 0 Å². The molecule has 8 nitrogen and oxygen atoms in total. The van der Waals surface area contributed by atoms with E-state index in [4.69, 9.17) is 4.42 Å². The van der Waals surface area contributed by atoms with Crippen molar-refractivity contribution in [2.75, 3.05) is 18.8 Å². The van der Waals surface area contributed by atoms with Gasteiger partial charge in [-0.3, -0.25) is 9.69 Å². The second-order valence-corrected chi connectivity index (χ2v) is 5.76. The lowest BCUT2D eigenvalue weighted by molar-refractivity contribution is -0.124. The number of carbonyl (C=O) groups is 2. The normalized spacial score (nSPS) is 14.5. The average molecular weight is 321 g/mol. The molecule has 0 saturated carbocycles. The zero-order chi connectivity index (χ0) is 15.7. The molecule has 0 radical (unpaired) electrons. The number of nitrogens with zero attached hydrogens (tertiary/aromatic N) is 4. The molecule has 116 valence electrons. The van der Waals surface area contributed by atoms with Crippen molar-refractivity contribution in [1.29, 1.82) is 0 Å². The Balaban J connectivity index is 1.69. The predicted octanol–water partition coefficient (Wildman–Crippen LogP) is 1.03. The molecule has 1 saturated heterocycles. The highest BCUT2D eigenvalue weighted by molar-refractivity contribution is 7.99. The summed E-state index contributed by atoms with van der Waals surface area (Å²) >= 11 is 1.26. The molecule has 3 heterocycles. The highest BCUT2D eigenvalue weighted by atomic mass is 32.2. The Morgan fingerprint density at radius 1 is 1.50 bits per heavy atom. The summed E-state index contributed by atoms with van der Waals surface area (Å²) in [5.41, 5.74) is 0.868. The van der Waals surface area contributed by atoms with Crippen LogP contribution in [-0.2, 0) is 11.8 Å². The second-order valence-electron chi connectivity index (χ2n) is 4.82. The number of aryl methyl sites for hydroxylation is 1. The van der Waals surface area contributed by atoms with Gasteiger partial charge in [-0.1, -0.05) is 11.8 Å². The average Bonchev–Trinajstić information content (AvgIpc) is 3.18. The standard InChI is InChI=1S/C13H15N5O3S/c1-8-9(3-6-21-8)11-15-16-13(17(11)2)22-7-10(19)18-5-4-14-12(18)20/h3,6H,4-5,7H2,1-2H3,(H,14,20). The van der Waals surface area contributed by atoms with Gasteiger partial charge in [-0.25, -0.2) is 4.79 Å². The van der Waals surface area contributed by atoms with Crippen molar-refractivity contribution in [2.45, 2.75) is 12.1 Å². The molecule has 1 fully saturated rings. The van der Waals surface area contributed by atoms with Crippen LogP contribution in [0.4, 0.5) is 4.79 Å². The monoisotopic (exact) mass is 321 g/mol. The molecule has 0 aromatic carbocycles. The van der Waals surface area contributed by atoms with Crippen molar-refractivity contribution in [1.82, 2.24) is 25.0 Å². The van der Waals surface area contributed by atoms with Gasteiger partial charge in [-0.15, -0.1) is 10.2 Å². The van der Waals surface area contributed by atoms with Crippen molar-refractivity contribution in [3.05, 3.63) is 18.1 Å². The van der Waals surface area contributed by atoms with Gasteiger partial charge in [0.15, 0.2) is 11.0 Å². The van der Waals surface area contributed by atoms with Crippen LogP contribution in [-0.4, -0.2) is 50.4 Å². The molecule has 1 aliphatic rings. The van der Waals surface area contributed by atoms with Gasteiger partial charge in [0, 0.05) is 20.1 Å². The summed E-state index contributed by atoms with van der Waals surface area (Å²) < 4.78 is 7.07. The minimum atomic E-state index is -0.335. The number of nitrogens with one attached hydrogen (secondary N) is 1. The fraction of sp³-hybridized carbons (Fsp3) is 0.385. The lowest BCUT2D eigenvalue weighted by Crippen LogP contribution is -2.35. The van der Waals surface area contributed by atoms with Crippen LogP contribution in [0.25, 0.3) is 11.4 Å². The summed E-state index contributed by atoms with van der Waals surface area (Å²) in [4.78, 5) is 24.6. The Hall–Kier alpha value is -2.29. The molecule has 3 amide bonds. The lowest BCUT2D eigenvalue weighted by Gasteiger charge is -2.11. The van der Waals surface area contributed by atoms with Crippen LogP contribution in [0.5, 0.6) is 0 Å². The molecule has 3 rings (SSSR count). The summed E-state index contributed by atoms with van der Waals surface area (Å²) in [5, 5.41) is 11.4. The minimum absolute atomic E-state index is 0.143. The van der Waals surface area contributed by atoms with Crippen LogP contribution in [0.15, 0.2) is 21.9 Å². The van der Waals surface area contributed by atoms with Crippen molar-refractivity contribution in [2.24, 2.45) is 7.05 Å². The molecule has 9 heteroatoms. The van der Waals surface area contributed by atoms with Crippen LogP contribution in [0, 0.1) is 6.92 Å². The summed E-state index contributed by atoms with van der Waals surface area (Å²) in [7, 11) is 1.83. The lowest BCUT2D eigenvalue weighted by atomic mass is 10.2. The maximum absolute atomic E-state index is 12.0. The maximum atomic E-state index is 12.0. The summed E-state index contributed by atoms with van der Waals surface area (Å²) in [6, 6.07) is 1.49. The number of carbonyl (C=O) groups excluding carboxylic acids is 2. The van der Waals surface area contributed by atoms with Gasteiger partial charge in [0.25, 0.3) is 0 Å². The van der Waals surface area contributed by atoms with E-state index in [-0.39, 0.29) is 17.7 Å². The van der Waals surface area contributed by atoms with Gasteiger partial charge in [0.2, 0.25) is 5.91 Å². The van der Waals surface area contributed by atoms with Gasteiger partial charge >= 0.3 is 6.03 Å². The Labute approximate surface area is 130 Å². The highest BCUT2D eigenvalue weighted by Gasteiger charge is 2.26. The molecule has 0 spiro atoms. The fourth-order valence-electron chi connectivity index (χ4n) is 2.21. The van der Waals surface area contributed by atoms with Crippen molar-refractivity contribution in [3.8, 4) is 11.4 Å². The Morgan fingerprint density at radius 3 is 2.95 bits per heavy atom. The van der Waals surface area contributed by atoms with E-state index in [1.807, 2.05) is 20.0 Å². The van der Waals surface area contributed by atoms with Crippen LogP contribution in [0.1, 0.15) is 5.76 Å². The van der Waals surface area contributed by atoms with Crippen LogP contribution in [0.3, 0.4) is 0 Å². The SMILES string of the molecule is Cc1occc1-c1nnc(SCC(=O)N2CCNC2=O)n1C. The predicted molar refractivity (Wildman–Crippen MR) is 79.3 cm³/mol. The zero-order valence-electron chi connectivity index (χ0n) is 12.2. The van der Waals surface area contributed by atoms with E-state index in [0.29, 0.717) is 24.1 Å². The molecular weight excluding hydrogens is 306 g/mol. The van der Waals surface area contributed by atoms with E-state index < -0.39 is 0 Å². The Morgan fingerprint density at radius 2 is 2.32 bits per heavy atom. The third-order valence-corrected chi connectivity index (χ3v) is 4.42. The highest BCUT2D eigenvalue weighted by Crippen LogP contribution is 2.25. The Kier molecular flexibility index (Phi) is 3.88. The van der Waals surface area contributed by atoms with Gasteiger partial charge in [0.1, 0.15) is 5.76 Å². The first-order valence-corrected chi connectivity index (χ1v) is 7.71. The summed E-state index contributed by atoms with van der Waals surface area (Å²) in [5.74, 6) is 1.35. The zero-order valence-corrected chi connectivity index (χ0v) is 13.0. The number of amides is 3. The van der Waals surface area contributed by atoms with E-state index in [2.05, 4.69) is 15.5 Å². The molecule has 0 aliphatic carbocycles. The minimum Gasteiger partial charge on any atom is -0.469 e. The molecule has 0 unspecified atom stereocenters. The van der Waals surface area contributed by atoms with E-state index in [0.717, 1.165) is 11.3 Å². The van der Waals surface area contributed by atoms with Gasteiger partial charge in [0.05, 0.1) is 17.6 Å². The molecule has 1 aliphatic heterocycles. The number of urea groups is 1. The second kappa shape index (κ2) is 5.84. The molecule has 0 bridgehead atoms. The number of hydrogen-bond acceptors (Lipinski definition) is 6. The van der Waals surface area contributed by atoms with Gasteiger partial charge in [-0.05, 0) is 13.0 Å². The van der Waals surface area contributed by atoms with Crippen molar-refractivity contribution >= 4 is 23.7 Å². The van der Waals surface area contributed by atoms with Crippen LogP contribution < -0.4 is 5.32 Å². The molecule has 1 N–H and O–H groups in total. The third kappa shape index (κ3) is 2.59. The van der Waals surface area contributed by atoms with Crippen LogP contribution >= 0.6 is 11.8 Å². The number of imide groups is 1. The van der Waals surface area contributed by atoms with E-state index in [1.54, 1.807) is 10.8 Å². The quantitative estimate of drug-likeness (QED) is 0.845. The van der Waals surface area contributed by atoms with E-state index in [1.165, 1.54) is 16.7 Å². The molecule has 22 heavy (non-hydrogen) atoms. The first-order valence-electron chi connectivity index (χ1n) is 6.73. The number of rotatable bonds is 4. The summed E-state index contributed by atoms with van der Waals surface area (Å²) in [6.07, 6.45) is 1.60. The Bertz CT molecular complexity index is 723.